The summed E-state index contributed by atoms with van der Waals surface area (Å²) >= 11 is 0. The minimum atomic E-state index is -1.62. The van der Waals surface area contributed by atoms with Crippen LogP contribution in [0.4, 0.5) is 0 Å². The van der Waals surface area contributed by atoms with Gasteiger partial charge in [-0.2, -0.15) is 0 Å². The monoisotopic (exact) mass is 498 g/mol. The summed E-state index contributed by atoms with van der Waals surface area (Å²) in [7, 11) is 0. The first-order chi connectivity index (χ1) is 16.4. The summed E-state index contributed by atoms with van der Waals surface area (Å²) in [5, 5.41) is 61.1. The lowest BCUT2D eigenvalue weighted by molar-refractivity contribution is -0.298. The highest BCUT2D eigenvalue weighted by atomic mass is 16.7. The maximum absolute atomic E-state index is 13.7. The van der Waals surface area contributed by atoms with Crippen LogP contribution >= 0.6 is 0 Å². The zero-order valence-corrected chi connectivity index (χ0v) is 20.8. The molecule has 0 aromatic heterocycles. The van der Waals surface area contributed by atoms with Crippen molar-refractivity contribution in [2.24, 2.45) is 34.0 Å². The fraction of sp³-hybridized carbons (Fsp3) is 0.962. The minimum absolute atomic E-state index is 0.00886. The van der Waals surface area contributed by atoms with Gasteiger partial charge in [0, 0.05) is 0 Å². The molecule has 12 atom stereocenters. The molecule has 0 radical (unpaired) electrons. The van der Waals surface area contributed by atoms with E-state index >= 15 is 0 Å². The fourth-order valence-corrected chi connectivity index (χ4v) is 9.46. The van der Waals surface area contributed by atoms with Gasteiger partial charge in [0.15, 0.2) is 0 Å². The van der Waals surface area contributed by atoms with Crippen LogP contribution in [0.3, 0.4) is 0 Å². The van der Waals surface area contributed by atoms with Gasteiger partial charge in [0.1, 0.15) is 24.4 Å². The molecule has 1 saturated heterocycles. The van der Waals surface area contributed by atoms with E-state index in [0.717, 1.165) is 44.9 Å². The summed E-state index contributed by atoms with van der Waals surface area (Å²) in [6.07, 6.45) is 0.327. The molecule has 1 aliphatic heterocycles. The van der Waals surface area contributed by atoms with E-state index in [1.54, 1.807) is 0 Å². The first-order valence-corrected chi connectivity index (χ1v) is 13.3. The van der Waals surface area contributed by atoms with Gasteiger partial charge >= 0.3 is 5.97 Å². The number of hydrogen-bond acceptors (Lipinski definition) is 9. The van der Waals surface area contributed by atoms with Crippen LogP contribution in [-0.2, 0) is 14.3 Å². The summed E-state index contributed by atoms with van der Waals surface area (Å²) < 4.78 is 11.1. The smallest absolute Gasteiger partial charge is 0.314 e. The second-order valence-electron chi connectivity index (χ2n) is 12.8. The molecule has 0 amide bonds. The van der Waals surface area contributed by atoms with Crippen molar-refractivity contribution < 1.29 is 44.9 Å². The second kappa shape index (κ2) is 8.61. The molecular weight excluding hydrogens is 456 g/mol. The quantitative estimate of drug-likeness (QED) is 0.303. The van der Waals surface area contributed by atoms with Gasteiger partial charge in [0.05, 0.1) is 24.2 Å². The van der Waals surface area contributed by atoms with Crippen LogP contribution in [0.5, 0.6) is 0 Å². The number of aliphatic hydroxyl groups excluding tert-OH is 5. The molecule has 0 aromatic rings. The van der Waals surface area contributed by atoms with E-state index in [9.17, 15) is 35.4 Å². The van der Waals surface area contributed by atoms with Crippen molar-refractivity contribution >= 4 is 5.97 Å². The van der Waals surface area contributed by atoms with Crippen LogP contribution in [0.15, 0.2) is 0 Å². The number of aliphatic hydroxyl groups is 6. The molecular formula is C26H42O9. The molecule has 9 nitrogen and oxygen atoms in total. The zero-order chi connectivity index (χ0) is 25.4. The van der Waals surface area contributed by atoms with Crippen molar-refractivity contribution in [2.45, 2.75) is 108 Å². The van der Waals surface area contributed by atoms with E-state index in [1.165, 1.54) is 0 Å². The van der Waals surface area contributed by atoms with Gasteiger partial charge in [-0.05, 0) is 86.9 Å². The Morgan fingerprint density at radius 2 is 1.71 bits per heavy atom. The van der Waals surface area contributed by atoms with E-state index in [4.69, 9.17) is 9.47 Å². The fourth-order valence-electron chi connectivity index (χ4n) is 9.46. The first kappa shape index (κ1) is 25.8. The van der Waals surface area contributed by atoms with E-state index in [2.05, 4.69) is 6.92 Å². The van der Waals surface area contributed by atoms with E-state index in [1.807, 2.05) is 6.92 Å². The van der Waals surface area contributed by atoms with Gasteiger partial charge in [0.2, 0.25) is 6.29 Å². The van der Waals surface area contributed by atoms with Crippen LogP contribution in [0.2, 0.25) is 0 Å². The largest absolute Gasteiger partial charge is 0.432 e. The average molecular weight is 499 g/mol. The third-order valence-corrected chi connectivity index (χ3v) is 11.1. The summed E-state index contributed by atoms with van der Waals surface area (Å²) in [4.78, 5) is 13.7. The van der Waals surface area contributed by atoms with Gasteiger partial charge in [-0.25, -0.2) is 0 Å². The summed E-state index contributed by atoms with van der Waals surface area (Å²) in [6.45, 7) is 3.44. The number of hydrogen-bond donors (Lipinski definition) is 6. The third kappa shape index (κ3) is 3.64. The predicted octanol–water partition coefficient (Wildman–Crippen LogP) is 0.466. The number of esters is 1. The van der Waals surface area contributed by atoms with E-state index < -0.39 is 54.3 Å². The molecule has 6 N–H and O–H groups in total. The maximum atomic E-state index is 13.7. The number of ether oxygens (including phenoxy) is 2. The van der Waals surface area contributed by atoms with Crippen LogP contribution in [0.1, 0.15) is 71.6 Å². The van der Waals surface area contributed by atoms with Crippen molar-refractivity contribution in [3.63, 3.8) is 0 Å². The van der Waals surface area contributed by atoms with Crippen molar-refractivity contribution in [1.29, 1.82) is 0 Å². The topological polar surface area (TPSA) is 157 Å². The summed E-state index contributed by atoms with van der Waals surface area (Å²) in [5.41, 5.74) is -1.94. The average Bonchev–Trinajstić information content (AvgIpc) is 3.04. The van der Waals surface area contributed by atoms with Crippen molar-refractivity contribution in [1.82, 2.24) is 0 Å². The molecule has 5 aliphatic rings. The van der Waals surface area contributed by atoms with Crippen molar-refractivity contribution in [3.8, 4) is 0 Å². The lowest BCUT2D eigenvalue weighted by Crippen LogP contribution is -2.61. The lowest BCUT2D eigenvalue weighted by Gasteiger charge is -2.63. The predicted molar refractivity (Wildman–Crippen MR) is 123 cm³/mol. The summed E-state index contributed by atoms with van der Waals surface area (Å²) in [5.74, 6) is 0.0529. The molecule has 5 fully saturated rings. The standard InChI is InChI=1S/C26H42O9/c1-23-7-3-8-24(2,22(32)35-21-20(31)19(30)18(29)15(11-27)34-21)16(23)6-9-25-10-14(4-5-17(23)25)26(33,12-25)13-28/h14-21,27-31,33H,3-13H2,1-2H3/t14-,15-,16-,17-,18-,19+,20-,21+,23-,24-,25+,26+/m1/s1. The Balaban J connectivity index is 1.38. The van der Waals surface area contributed by atoms with Crippen LogP contribution in [-0.4, -0.2) is 86.1 Å². The number of fused-ring (bicyclic) bond motifs is 3. The molecule has 1 heterocycles. The van der Waals surface area contributed by atoms with E-state index in [-0.39, 0.29) is 29.3 Å². The highest BCUT2D eigenvalue weighted by Crippen LogP contribution is 2.73. The second-order valence-corrected chi connectivity index (χ2v) is 12.8. The van der Waals surface area contributed by atoms with Gasteiger partial charge in [-0.1, -0.05) is 13.3 Å². The molecule has 0 aromatic carbocycles. The van der Waals surface area contributed by atoms with Crippen molar-refractivity contribution in [3.05, 3.63) is 0 Å². The lowest BCUT2D eigenvalue weighted by atomic mass is 9.41. The molecule has 5 rings (SSSR count). The van der Waals surface area contributed by atoms with E-state index in [0.29, 0.717) is 18.8 Å². The molecule has 1 spiro atoms. The highest BCUT2D eigenvalue weighted by Gasteiger charge is 2.68. The Kier molecular flexibility index (Phi) is 6.35. The Labute approximate surface area is 206 Å². The molecule has 4 aliphatic carbocycles. The Morgan fingerprint density at radius 1 is 0.971 bits per heavy atom. The molecule has 2 bridgehead atoms. The van der Waals surface area contributed by atoms with Gasteiger partial charge in [0.25, 0.3) is 0 Å². The minimum Gasteiger partial charge on any atom is -0.432 e. The first-order valence-electron chi connectivity index (χ1n) is 13.3. The van der Waals surface area contributed by atoms with Crippen molar-refractivity contribution in [2.75, 3.05) is 13.2 Å². The highest BCUT2D eigenvalue weighted by molar-refractivity contribution is 5.77. The molecule has 9 heteroatoms. The molecule has 0 unspecified atom stereocenters. The number of carbonyl (C=O) groups is 1. The third-order valence-electron chi connectivity index (χ3n) is 11.1. The maximum Gasteiger partial charge on any atom is 0.314 e. The van der Waals surface area contributed by atoms with Crippen LogP contribution < -0.4 is 0 Å². The number of carbonyl (C=O) groups excluding carboxylic acids is 1. The Bertz CT molecular complexity index is 836. The van der Waals surface area contributed by atoms with Crippen LogP contribution in [0, 0.1) is 34.0 Å². The summed E-state index contributed by atoms with van der Waals surface area (Å²) in [6, 6.07) is 0. The van der Waals surface area contributed by atoms with Crippen LogP contribution in [0.25, 0.3) is 0 Å². The van der Waals surface area contributed by atoms with Gasteiger partial charge in [-0.15, -0.1) is 0 Å². The molecule has 4 saturated carbocycles. The Morgan fingerprint density at radius 3 is 2.40 bits per heavy atom. The van der Waals surface area contributed by atoms with Gasteiger partial charge in [-0.3, -0.25) is 4.79 Å². The SMILES string of the molecule is C[C@@]12CCC[C@@](C)(C(=O)O[C@@H]3O[C@H](CO)[C@@H](O)[C@H](O)[C@H]3O)[C@@H]1CC[C@@]13C[C@@H](CC[C@@H]12)[C@@](O)(CO)C3. The normalized spacial score (nSPS) is 55.7. The molecule has 35 heavy (non-hydrogen) atoms. The van der Waals surface area contributed by atoms with Gasteiger partial charge < -0.3 is 40.1 Å². The Hall–Kier alpha value is -0.810. The number of rotatable bonds is 4. The zero-order valence-electron chi connectivity index (χ0n) is 20.8. The molecule has 200 valence electrons.